The van der Waals surface area contributed by atoms with Gasteiger partial charge in [-0.3, -0.25) is 4.79 Å². The molecule has 0 aromatic carbocycles. The van der Waals surface area contributed by atoms with E-state index in [9.17, 15) is 4.79 Å². The molecule has 122 valence electrons. The van der Waals surface area contributed by atoms with Gasteiger partial charge in [0, 0.05) is 31.7 Å². The second kappa shape index (κ2) is 6.66. The van der Waals surface area contributed by atoms with Gasteiger partial charge < -0.3 is 15.4 Å². The van der Waals surface area contributed by atoms with Crippen molar-refractivity contribution in [2.45, 2.75) is 71.4 Å². The van der Waals surface area contributed by atoms with Crippen LogP contribution in [0, 0.1) is 10.8 Å². The van der Waals surface area contributed by atoms with E-state index in [2.05, 4.69) is 17.6 Å². The molecule has 2 aliphatic carbocycles. The Bertz CT molecular complexity index is 362. The van der Waals surface area contributed by atoms with E-state index in [0.717, 1.165) is 19.6 Å². The normalized spacial score (nSPS) is 28.2. The molecule has 2 saturated carbocycles. The molecular weight excluding hydrogens is 264 g/mol. The van der Waals surface area contributed by atoms with Crippen LogP contribution in [0.2, 0.25) is 0 Å². The highest BCUT2D eigenvalue weighted by atomic mass is 16.5. The zero-order valence-electron chi connectivity index (χ0n) is 14.1. The number of carbonyl (C=O) groups is 1. The Balaban J connectivity index is 1.95. The van der Waals surface area contributed by atoms with E-state index in [1.54, 1.807) is 7.05 Å². The fraction of sp³-hybridized carbons (Fsp3) is 0.941. The molecule has 21 heavy (non-hydrogen) atoms. The topological polar surface area (TPSA) is 50.4 Å². The Kier molecular flexibility index (Phi) is 5.31. The predicted molar refractivity (Wildman–Crippen MR) is 85.2 cm³/mol. The largest absolute Gasteiger partial charge is 0.378 e. The number of hydrogen-bond donors (Lipinski definition) is 2. The molecule has 2 aliphatic rings. The first-order chi connectivity index (χ1) is 9.96. The van der Waals surface area contributed by atoms with Crippen LogP contribution in [-0.4, -0.2) is 38.3 Å². The standard InChI is InChI=1S/C17H32N2O2/c1-5-21-14-11-13(17(14)9-7-6-8-10-17)19-12-16(2,3)15(20)18-4/h13-14,19H,5-12H2,1-4H3,(H,18,20). The summed E-state index contributed by atoms with van der Waals surface area (Å²) < 4.78 is 5.98. The molecule has 0 radical (unpaired) electrons. The van der Waals surface area contributed by atoms with Crippen LogP contribution in [0.1, 0.15) is 59.3 Å². The van der Waals surface area contributed by atoms with Crippen molar-refractivity contribution in [2.75, 3.05) is 20.2 Å². The summed E-state index contributed by atoms with van der Waals surface area (Å²) in [5.41, 5.74) is -0.0334. The molecule has 4 nitrogen and oxygen atoms in total. The van der Waals surface area contributed by atoms with Gasteiger partial charge in [0.15, 0.2) is 0 Å². The lowest BCUT2D eigenvalue weighted by Crippen LogP contribution is -2.65. The minimum atomic E-state index is -0.360. The average molecular weight is 296 g/mol. The van der Waals surface area contributed by atoms with E-state index in [0.29, 0.717) is 17.6 Å². The SMILES string of the molecule is CCOC1CC(NCC(C)(C)C(=O)NC)C12CCCCC2. The Hall–Kier alpha value is -0.610. The number of ether oxygens (including phenoxy) is 1. The summed E-state index contributed by atoms with van der Waals surface area (Å²) in [6, 6.07) is 0.512. The summed E-state index contributed by atoms with van der Waals surface area (Å²) in [4.78, 5) is 11.9. The van der Waals surface area contributed by atoms with Crippen molar-refractivity contribution in [3.05, 3.63) is 0 Å². The summed E-state index contributed by atoms with van der Waals surface area (Å²) in [5, 5.41) is 6.44. The third-order valence-corrected chi connectivity index (χ3v) is 5.57. The quantitative estimate of drug-likeness (QED) is 0.791. The second-order valence-corrected chi connectivity index (χ2v) is 7.37. The fourth-order valence-electron chi connectivity index (χ4n) is 4.15. The summed E-state index contributed by atoms with van der Waals surface area (Å²) in [6.45, 7) is 7.64. The van der Waals surface area contributed by atoms with Gasteiger partial charge in [0.05, 0.1) is 11.5 Å². The van der Waals surface area contributed by atoms with Gasteiger partial charge in [-0.15, -0.1) is 0 Å². The molecule has 2 N–H and O–H groups in total. The van der Waals surface area contributed by atoms with Gasteiger partial charge >= 0.3 is 0 Å². The van der Waals surface area contributed by atoms with E-state index >= 15 is 0 Å². The lowest BCUT2D eigenvalue weighted by atomic mass is 9.55. The van der Waals surface area contributed by atoms with E-state index in [-0.39, 0.29) is 11.3 Å². The van der Waals surface area contributed by atoms with Crippen molar-refractivity contribution < 1.29 is 9.53 Å². The highest BCUT2D eigenvalue weighted by Crippen LogP contribution is 2.53. The van der Waals surface area contributed by atoms with Gasteiger partial charge in [-0.05, 0) is 40.0 Å². The molecule has 0 bridgehead atoms. The highest BCUT2D eigenvalue weighted by molar-refractivity contribution is 5.81. The minimum absolute atomic E-state index is 0.105. The molecule has 2 unspecified atom stereocenters. The summed E-state index contributed by atoms with van der Waals surface area (Å²) in [5.74, 6) is 0.105. The molecule has 0 aromatic heterocycles. The molecule has 4 heteroatoms. The molecule has 1 spiro atoms. The van der Waals surface area contributed by atoms with E-state index in [1.165, 1.54) is 32.1 Å². The zero-order valence-corrected chi connectivity index (χ0v) is 14.1. The Morgan fingerprint density at radius 2 is 1.95 bits per heavy atom. The van der Waals surface area contributed by atoms with Crippen molar-refractivity contribution in [3.8, 4) is 0 Å². The maximum Gasteiger partial charge on any atom is 0.226 e. The second-order valence-electron chi connectivity index (χ2n) is 7.37. The first-order valence-electron chi connectivity index (χ1n) is 8.53. The molecule has 0 aromatic rings. The van der Waals surface area contributed by atoms with E-state index in [4.69, 9.17) is 4.74 Å². The number of hydrogen-bond acceptors (Lipinski definition) is 3. The van der Waals surface area contributed by atoms with Gasteiger partial charge in [-0.25, -0.2) is 0 Å². The molecule has 0 aliphatic heterocycles. The maximum absolute atomic E-state index is 11.9. The van der Waals surface area contributed by atoms with Crippen LogP contribution in [0.3, 0.4) is 0 Å². The fourth-order valence-corrected chi connectivity index (χ4v) is 4.15. The predicted octanol–water partition coefficient (Wildman–Crippen LogP) is 2.48. The van der Waals surface area contributed by atoms with Crippen LogP contribution in [0.25, 0.3) is 0 Å². The van der Waals surface area contributed by atoms with Crippen molar-refractivity contribution in [1.29, 1.82) is 0 Å². The van der Waals surface area contributed by atoms with E-state index in [1.807, 2.05) is 13.8 Å². The first-order valence-corrected chi connectivity index (χ1v) is 8.53. The molecular formula is C17H32N2O2. The third kappa shape index (κ3) is 3.26. The molecule has 0 heterocycles. The van der Waals surface area contributed by atoms with Gasteiger partial charge in [0.2, 0.25) is 5.91 Å². The van der Waals surface area contributed by atoms with Crippen molar-refractivity contribution in [1.82, 2.24) is 10.6 Å². The zero-order chi connectivity index (χ0) is 15.5. The first kappa shape index (κ1) is 16.8. The van der Waals surface area contributed by atoms with Crippen LogP contribution in [0.5, 0.6) is 0 Å². The molecule has 0 saturated heterocycles. The van der Waals surface area contributed by atoms with Gasteiger partial charge in [-0.2, -0.15) is 0 Å². The molecule has 1 amide bonds. The maximum atomic E-state index is 11.9. The van der Waals surface area contributed by atoms with Crippen LogP contribution in [-0.2, 0) is 9.53 Å². The van der Waals surface area contributed by atoms with Crippen LogP contribution in [0.4, 0.5) is 0 Å². The van der Waals surface area contributed by atoms with Crippen molar-refractivity contribution in [3.63, 3.8) is 0 Å². The lowest BCUT2D eigenvalue weighted by molar-refractivity contribution is -0.152. The summed E-state index contributed by atoms with van der Waals surface area (Å²) in [7, 11) is 1.71. The van der Waals surface area contributed by atoms with E-state index < -0.39 is 0 Å². The number of amides is 1. The van der Waals surface area contributed by atoms with Crippen molar-refractivity contribution in [2.24, 2.45) is 10.8 Å². The Morgan fingerprint density at radius 1 is 1.29 bits per heavy atom. The Labute approximate surface area is 129 Å². The summed E-state index contributed by atoms with van der Waals surface area (Å²) >= 11 is 0. The molecule has 2 fully saturated rings. The van der Waals surface area contributed by atoms with Crippen molar-refractivity contribution >= 4 is 5.91 Å². The Morgan fingerprint density at radius 3 is 2.52 bits per heavy atom. The van der Waals surface area contributed by atoms with Crippen LogP contribution in [0.15, 0.2) is 0 Å². The smallest absolute Gasteiger partial charge is 0.226 e. The van der Waals surface area contributed by atoms with Crippen LogP contribution >= 0.6 is 0 Å². The van der Waals surface area contributed by atoms with Gasteiger partial charge in [0.1, 0.15) is 0 Å². The number of carbonyl (C=O) groups excluding carboxylic acids is 1. The highest BCUT2D eigenvalue weighted by Gasteiger charge is 2.55. The number of rotatable bonds is 6. The van der Waals surface area contributed by atoms with Gasteiger partial charge in [0.25, 0.3) is 0 Å². The minimum Gasteiger partial charge on any atom is -0.378 e. The van der Waals surface area contributed by atoms with Gasteiger partial charge in [-0.1, -0.05) is 19.3 Å². The third-order valence-electron chi connectivity index (χ3n) is 5.57. The molecule has 2 rings (SSSR count). The number of nitrogens with one attached hydrogen (secondary N) is 2. The molecule has 2 atom stereocenters. The average Bonchev–Trinajstić information content (AvgIpc) is 2.49. The lowest BCUT2D eigenvalue weighted by Gasteiger charge is -2.58. The van der Waals surface area contributed by atoms with Crippen LogP contribution < -0.4 is 10.6 Å². The monoisotopic (exact) mass is 296 g/mol. The summed E-state index contributed by atoms with van der Waals surface area (Å²) in [6.07, 6.45) is 8.06.